The summed E-state index contributed by atoms with van der Waals surface area (Å²) in [6, 6.07) is 16.7. The second-order valence-electron chi connectivity index (χ2n) is 9.01. The lowest BCUT2D eigenvalue weighted by Crippen LogP contribution is -2.29. The van der Waals surface area contributed by atoms with Crippen LogP contribution in [0.4, 0.5) is 5.13 Å². The predicted octanol–water partition coefficient (Wildman–Crippen LogP) is 5.91. The van der Waals surface area contributed by atoms with E-state index in [9.17, 15) is 14.7 Å². The minimum absolute atomic E-state index is 0.00364. The van der Waals surface area contributed by atoms with E-state index in [1.807, 2.05) is 19.1 Å². The van der Waals surface area contributed by atoms with Crippen molar-refractivity contribution < 1.29 is 24.2 Å². The molecule has 1 saturated heterocycles. The van der Waals surface area contributed by atoms with Gasteiger partial charge in [-0.1, -0.05) is 35.1 Å². The van der Waals surface area contributed by atoms with E-state index in [1.54, 1.807) is 55.6 Å². The maximum atomic E-state index is 13.5. The number of hydrogen-bond donors (Lipinski definition) is 1. The fraction of sp³-hybridized carbons (Fsp3) is 0.179. The first-order chi connectivity index (χ1) is 17.8. The third-order valence-corrected chi connectivity index (χ3v) is 7.86. The third kappa shape index (κ3) is 3.93. The van der Waals surface area contributed by atoms with E-state index in [1.165, 1.54) is 16.2 Å². The standard InChI is InChI=1S/C28H21ClN2O5S/c1-14-11-17-12-16(5-10-21(17)36-14)25(32)23-24(15-3-6-18(29)7-4-15)31(27(34)26(23)33)28-30-20-9-8-19(35-2)13-22(20)37-28/h3-10,12-14,24,32H,11H2,1-2H3/t14-,24-/m0/s1. The summed E-state index contributed by atoms with van der Waals surface area (Å²) >= 11 is 7.40. The minimum Gasteiger partial charge on any atom is -0.507 e. The number of ether oxygens (including phenoxy) is 2. The fourth-order valence-electron chi connectivity index (χ4n) is 4.84. The van der Waals surface area contributed by atoms with Crippen LogP contribution in [0.5, 0.6) is 11.5 Å². The maximum Gasteiger partial charge on any atom is 0.301 e. The summed E-state index contributed by atoms with van der Waals surface area (Å²) in [5.74, 6) is -0.367. The van der Waals surface area contributed by atoms with Gasteiger partial charge in [0.1, 0.15) is 23.4 Å². The number of Topliss-reactive ketones (excluding diaryl/α,β-unsaturated/α-hetero) is 1. The molecule has 0 spiro atoms. The van der Waals surface area contributed by atoms with Crippen molar-refractivity contribution in [2.24, 2.45) is 0 Å². The number of nitrogens with zero attached hydrogens (tertiary/aromatic N) is 2. The Morgan fingerprint density at radius 2 is 1.92 bits per heavy atom. The van der Waals surface area contributed by atoms with Crippen LogP contribution in [0.15, 0.2) is 66.2 Å². The number of thiazole rings is 1. The molecule has 9 heteroatoms. The second kappa shape index (κ2) is 8.90. The number of halogens is 1. The van der Waals surface area contributed by atoms with Crippen molar-refractivity contribution >= 4 is 55.7 Å². The molecule has 2 aliphatic rings. The van der Waals surface area contributed by atoms with Crippen LogP contribution in [0.25, 0.3) is 16.0 Å². The van der Waals surface area contributed by atoms with Crippen molar-refractivity contribution in [2.75, 3.05) is 12.0 Å². The monoisotopic (exact) mass is 532 g/mol. The maximum absolute atomic E-state index is 13.5. The summed E-state index contributed by atoms with van der Waals surface area (Å²) in [6.07, 6.45) is 0.727. The van der Waals surface area contributed by atoms with Gasteiger partial charge in [-0.3, -0.25) is 14.5 Å². The number of rotatable bonds is 4. The number of carbonyl (C=O) groups is 2. The Morgan fingerprint density at radius 1 is 1.14 bits per heavy atom. The summed E-state index contributed by atoms with van der Waals surface area (Å²) in [5, 5.41) is 12.3. The number of fused-ring (bicyclic) bond motifs is 2. The lowest BCUT2D eigenvalue weighted by Gasteiger charge is -2.23. The first-order valence-electron chi connectivity index (χ1n) is 11.6. The van der Waals surface area contributed by atoms with Crippen molar-refractivity contribution in [1.29, 1.82) is 0 Å². The van der Waals surface area contributed by atoms with E-state index in [0.717, 1.165) is 16.0 Å². The van der Waals surface area contributed by atoms with Crippen LogP contribution in [0, 0.1) is 0 Å². The number of methoxy groups -OCH3 is 1. The molecular formula is C28H21ClN2O5S. The van der Waals surface area contributed by atoms with Crippen LogP contribution in [0.2, 0.25) is 5.02 Å². The Morgan fingerprint density at radius 3 is 2.68 bits per heavy atom. The summed E-state index contributed by atoms with van der Waals surface area (Å²) < 4.78 is 11.9. The Bertz CT molecular complexity index is 1610. The van der Waals surface area contributed by atoms with E-state index in [0.29, 0.717) is 39.0 Å². The molecule has 1 N–H and O–H groups in total. The van der Waals surface area contributed by atoms with E-state index in [4.69, 9.17) is 21.1 Å². The van der Waals surface area contributed by atoms with Crippen LogP contribution in [-0.2, 0) is 16.0 Å². The normalized spacial score (nSPS) is 20.4. The Hall–Kier alpha value is -3.88. The van der Waals surface area contributed by atoms with Gasteiger partial charge in [0.25, 0.3) is 5.78 Å². The van der Waals surface area contributed by atoms with Gasteiger partial charge in [-0.05, 0) is 66.6 Å². The lowest BCUT2D eigenvalue weighted by atomic mass is 9.94. The zero-order chi connectivity index (χ0) is 25.8. The molecule has 1 amide bonds. The molecular weight excluding hydrogens is 512 g/mol. The average molecular weight is 533 g/mol. The molecule has 0 saturated carbocycles. The van der Waals surface area contributed by atoms with Gasteiger partial charge >= 0.3 is 5.91 Å². The highest BCUT2D eigenvalue weighted by Crippen LogP contribution is 2.45. The zero-order valence-electron chi connectivity index (χ0n) is 19.9. The Balaban J connectivity index is 1.52. The SMILES string of the molecule is COc1ccc2nc(N3C(=O)C(=O)C(=C(O)c4ccc5c(c4)C[C@H](C)O5)[C@@H]3c3ccc(Cl)cc3)sc2c1. The second-order valence-corrected chi connectivity index (χ2v) is 10.5. The van der Waals surface area contributed by atoms with Crippen molar-refractivity contribution in [3.63, 3.8) is 0 Å². The molecule has 3 heterocycles. The zero-order valence-corrected chi connectivity index (χ0v) is 21.5. The molecule has 1 aromatic heterocycles. The summed E-state index contributed by atoms with van der Waals surface area (Å²) in [4.78, 5) is 32.9. The highest BCUT2D eigenvalue weighted by atomic mass is 35.5. The molecule has 1 fully saturated rings. The van der Waals surface area contributed by atoms with Gasteiger partial charge in [-0.15, -0.1) is 0 Å². The number of hydrogen-bond acceptors (Lipinski definition) is 7. The van der Waals surface area contributed by atoms with Crippen LogP contribution in [0.3, 0.4) is 0 Å². The summed E-state index contributed by atoms with van der Waals surface area (Å²) in [6.45, 7) is 1.97. The van der Waals surface area contributed by atoms with E-state index in [2.05, 4.69) is 4.98 Å². The number of amides is 1. The van der Waals surface area contributed by atoms with E-state index < -0.39 is 17.7 Å². The van der Waals surface area contributed by atoms with E-state index in [-0.39, 0.29) is 17.4 Å². The predicted molar refractivity (Wildman–Crippen MR) is 143 cm³/mol. The molecule has 2 atom stereocenters. The molecule has 0 aliphatic carbocycles. The quantitative estimate of drug-likeness (QED) is 0.200. The van der Waals surface area contributed by atoms with Crippen LogP contribution in [0.1, 0.15) is 29.7 Å². The Kier molecular flexibility index (Phi) is 5.66. The number of benzene rings is 3. The molecule has 37 heavy (non-hydrogen) atoms. The Labute approximate surface area is 221 Å². The molecule has 4 aromatic rings. The van der Waals surface area contributed by atoms with Gasteiger partial charge in [0.2, 0.25) is 0 Å². The molecule has 0 bridgehead atoms. The number of aliphatic hydroxyl groups is 1. The highest BCUT2D eigenvalue weighted by molar-refractivity contribution is 7.22. The van der Waals surface area contributed by atoms with Crippen LogP contribution < -0.4 is 14.4 Å². The summed E-state index contributed by atoms with van der Waals surface area (Å²) in [7, 11) is 1.58. The molecule has 3 aromatic carbocycles. The number of anilines is 1. The van der Waals surface area contributed by atoms with Crippen molar-refractivity contribution in [1.82, 2.24) is 4.98 Å². The highest BCUT2D eigenvalue weighted by Gasteiger charge is 2.48. The third-order valence-electron chi connectivity index (χ3n) is 6.59. The molecule has 6 rings (SSSR count). The lowest BCUT2D eigenvalue weighted by molar-refractivity contribution is -0.132. The van der Waals surface area contributed by atoms with Gasteiger partial charge < -0.3 is 14.6 Å². The number of aliphatic hydroxyl groups excluding tert-OH is 1. The number of carbonyl (C=O) groups excluding carboxylic acids is 2. The molecule has 7 nitrogen and oxygen atoms in total. The van der Waals surface area contributed by atoms with Gasteiger partial charge in [-0.25, -0.2) is 4.98 Å². The average Bonchev–Trinajstić information content (AvgIpc) is 3.55. The smallest absolute Gasteiger partial charge is 0.301 e. The van der Waals surface area contributed by atoms with Gasteiger partial charge in [0.15, 0.2) is 5.13 Å². The molecule has 0 radical (unpaired) electrons. The largest absolute Gasteiger partial charge is 0.507 e. The van der Waals surface area contributed by atoms with Gasteiger partial charge in [-0.2, -0.15) is 0 Å². The molecule has 0 unspecified atom stereocenters. The van der Waals surface area contributed by atoms with E-state index >= 15 is 0 Å². The summed E-state index contributed by atoms with van der Waals surface area (Å²) in [5.41, 5.74) is 2.68. The topological polar surface area (TPSA) is 89.0 Å². The minimum atomic E-state index is -0.886. The van der Waals surface area contributed by atoms with Crippen LogP contribution >= 0.6 is 22.9 Å². The number of ketones is 1. The molecule has 186 valence electrons. The van der Waals surface area contributed by atoms with Gasteiger partial charge in [0.05, 0.1) is 28.9 Å². The first kappa shape index (κ1) is 23.5. The van der Waals surface area contributed by atoms with Crippen molar-refractivity contribution in [3.05, 3.63) is 87.9 Å². The molecule has 2 aliphatic heterocycles. The van der Waals surface area contributed by atoms with Crippen LogP contribution in [-0.4, -0.2) is 35.0 Å². The van der Waals surface area contributed by atoms with Gasteiger partial charge in [0, 0.05) is 17.0 Å². The van der Waals surface area contributed by atoms with Crippen molar-refractivity contribution in [2.45, 2.75) is 25.5 Å². The fourth-order valence-corrected chi connectivity index (χ4v) is 5.98. The first-order valence-corrected chi connectivity index (χ1v) is 12.8. The van der Waals surface area contributed by atoms with Crippen molar-refractivity contribution in [3.8, 4) is 11.5 Å². The number of aromatic nitrogens is 1.